The summed E-state index contributed by atoms with van der Waals surface area (Å²) in [7, 11) is 0. The van der Waals surface area contributed by atoms with Crippen LogP contribution >= 0.6 is 11.6 Å². The summed E-state index contributed by atoms with van der Waals surface area (Å²) in [4.78, 5) is 0. The zero-order valence-corrected chi connectivity index (χ0v) is 14.3. The fourth-order valence-corrected chi connectivity index (χ4v) is 2.78. The standard InChI is InChI=1S/C18H12ClFN4O2/c1-9-4-11(10-2-3-22-23-8-10)15(6-14(9)20)25-17-7-16-12(5-13(17)19)18(21)24-26-16/h2-8H,1H3,(H2,21,24). The predicted molar refractivity (Wildman–Crippen MR) is 95.7 cm³/mol. The van der Waals surface area contributed by atoms with Crippen molar-refractivity contribution < 1.29 is 13.7 Å². The fourth-order valence-electron chi connectivity index (χ4n) is 2.58. The van der Waals surface area contributed by atoms with E-state index in [0.717, 1.165) is 5.56 Å². The van der Waals surface area contributed by atoms with Crippen LogP contribution < -0.4 is 10.5 Å². The average molecular weight is 371 g/mol. The number of rotatable bonds is 3. The number of anilines is 1. The van der Waals surface area contributed by atoms with Gasteiger partial charge in [0.1, 0.15) is 17.3 Å². The van der Waals surface area contributed by atoms with Crippen LogP contribution in [0.25, 0.3) is 22.1 Å². The number of benzene rings is 2. The molecule has 4 aromatic rings. The molecule has 0 atom stereocenters. The number of hydrogen-bond donors (Lipinski definition) is 1. The number of fused-ring (bicyclic) bond motifs is 1. The second kappa shape index (κ2) is 6.27. The minimum atomic E-state index is -0.396. The van der Waals surface area contributed by atoms with E-state index in [1.54, 1.807) is 43.6 Å². The summed E-state index contributed by atoms with van der Waals surface area (Å²) >= 11 is 6.29. The van der Waals surface area contributed by atoms with Gasteiger partial charge in [-0.15, -0.1) is 0 Å². The van der Waals surface area contributed by atoms with Gasteiger partial charge in [0.15, 0.2) is 11.4 Å². The van der Waals surface area contributed by atoms with E-state index in [1.165, 1.54) is 6.07 Å². The third-order valence-corrected chi connectivity index (χ3v) is 4.22. The Hall–Kier alpha value is -3.19. The van der Waals surface area contributed by atoms with Crippen molar-refractivity contribution in [2.45, 2.75) is 6.92 Å². The monoisotopic (exact) mass is 370 g/mol. The van der Waals surface area contributed by atoms with Crippen LogP contribution in [0.3, 0.4) is 0 Å². The van der Waals surface area contributed by atoms with Gasteiger partial charge in [-0.1, -0.05) is 16.8 Å². The highest BCUT2D eigenvalue weighted by atomic mass is 35.5. The van der Waals surface area contributed by atoms with Crippen LogP contribution in [0.5, 0.6) is 11.5 Å². The molecule has 2 aromatic heterocycles. The lowest BCUT2D eigenvalue weighted by molar-refractivity contribution is 0.453. The molecule has 2 N–H and O–H groups in total. The Morgan fingerprint density at radius 1 is 1.15 bits per heavy atom. The number of aromatic nitrogens is 3. The summed E-state index contributed by atoms with van der Waals surface area (Å²) in [5.74, 6) is 0.418. The summed E-state index contributed by atoms with van der Waals surface area (Å²) in [5, 5.41) is 12.2. The topological polar surface area (TPSA) is 87.1 Å². The van der Waals surface area contributed by atoms with Gasteiger partial charge in [-0.25, -0.2) is 4.39 Å². The number of hydrogen-bond acceptors (Lipinski definition) is 6. The first-order chi connectivity index (χ1) is 12.5. The first-order valence-electron chi connectivity index (χ1n) is 7.62. The zero-order chi connectivity index (χ0) is 18.3. The van der Waals surface area contributed by atoms with Crippen LogP contribution in [-0.2, 0) is 0 Å². The SMILES string of the molecule is Cc1cc(-c2ccnnc2)c(Oc2cc3onc(N)c3cc2Cl)cc1F. The Kier molecular flexibility index (Phi) is 3.93. The van der Waals surface area contributed by atoms with Crippen molar-refractivity contribution in [3.63, 3.8) is 0 Å². The maximum Gasteiger partial charge on any atom is 0.174 e. The second-order valence-electron chi connectivity index (χ2n) is 5.68. The van der Waals surface area contributed by atoms with Gasteiger partial charge in [0.05, 0.1) is 22.8 Å². The third kappa shape index (κ3) is 2.82. The fraction of sp³-hybridized carbons (Fsp3) is 0.0556. The van der Waals surface area contributed by atoms with Gasteiger partial charge in [-0.05, 0) is 30.7 Å². The summed E-state index contributed by atoms with van der Waals surface area (Å²) in [6.07, 6.45) is 3.12. The van der Waals surface area contributed by atoms with Crippen LogP contribution in [0, 0.1) is 12.7 Å². The van der Waals surface area contributed by atoms with E-state index in [1.807, 2.05) is 0 Å². The number of aryl methyl sites for hydroxylation is 1. The molecule has 0 bridgehead atoms. The Labute approximate surface area is 152 Å². The van der Waals surface area contributed by atoms with Gasteiger partial charge in [0.2, 0.25) is 0 Å². The molecule has 0 spiro atoms. The molecular formula is C18H12ClFN4O2. The molecule has 0 aliphatic carbocycles. The quantitative estimate of drug-likeness (QED) is 0.559. The molecule has 0 fully saturated rings. The molecule has 0 amide bonds. The molecule has 0 aliphatic rings. The molecule has 0 unspecified atom stereocenters. The molecule has 6 nitrogen and oxygen atoms in total. The first kappa shape index (κ1) is 16.3. The minimum Gasteiger partial charge on any atom is -0.455 e. The predicted octanol–water partition coefficient (Wildman–Crippen LogP) is 4.76. The Morgan fingerprint density at radius 3 is 2.77 bits per heavy atom. The van der Waals surface area contributed by atoms with E-state index < -0.39 is 5.82 Å². The van der Waals surface area contributed by atoms with Gasteiger partial charge in [0.25, 0.3) is 0 Å². The van der Waals surface area contributed by atoms with E-state index in [2.05, 4.69) is 15.4 Å². The van der Waals surface area contributed by atoms with Crippen molar-refractivity contribution in [3.05, 3.63) is 59.1 Å². The Morgan fingerprint density at radius 2 is 2.00 bits per heavy atom. The highest BCUT2D eigenvalue weighted by molar-refractivity contribution is 6.33. The van der Waals surface area contributed by atoms with E-state index in [-0.39, 0.29) is 11.6 Å². The highest BCUT2D eigenvalue weighted by Crippen LogP contribution is 2.39. The van der Waals surface area contributed by atoms with Crippen molar-refractivity contribution in [1.29, 1.82) is 0 Å². The van der Waals surface area contributed by atoms with Crippen molar-refractivity contribution in [2.24, 2.45) is 0 Å². The summed E-state index contributed by atoms with van der Waals surface area (Å²) in [5.41, 5.74) is 8.01. The molecule has 0 radical (unpaired) electrons. The Bertz CT molecular complexity index is 1120. The summed E-state index contributed by atoms with van der Waals surface area (Å²) < 4.78 is 25.2. The average Bonchev–Trinajstić information content (AvgIpc) is 2.99. The zero-order valence-electron chi connectivity index (χ0n) is 13.5. The van der Waals surface area contributed by atoms with Gasteiger partial charge in [-0.2, -0.15) is 10.2 Å². The number of nitrogens with zero attached hydrogens (tertiary/aromatic N) is 3. The maximum absolute atomic E-state index is 14.1. The molecule has 130 valence electrons. The third-order valence-electron chi connectivity index (χ3n) is 3.93. The molecular weight excluding hydrogens is 359 g/mol. The van der Waals surface area contributed by atoms with E-state index in [0.29, 0.717) is 32.9 Å². The number of nitrogen functional groups attached to an aromatic ring is 1. The van der Waals surface area contributed by atoms with Crippen LogP contribution in [0.1, 0.15) is 5.56 Å². The van der Waals surface area contributed by atoms with Gasteiger partial charge in [0, 0.05) is 23.3 Å². The minimum absolute atomic E-state index is 0.235. The second-order valence-corrected chi connectivity index (χ2v) is 6.08. The molecule has 0 saturated heterocycles. The van der Waals surface area contributed by atoms with Crippen molar-refractivity contribution >= 4 is 28.4 Å². The van der Waals surface area contributed by atoms with E-state index in [4.69, 9.17) is 26.6 Å². The lowest BCUT2D eigenvalue weighted by Gasteiger charge is -2.13. The summed E-state index contributed by atoms with van der Waals surface area (Å²) in [6.45, 7) is 1.67. The summed E-state index contributed by atoms with van der Waals surface area (Å²) in [6, 6.07) is 7.90. The molecule has 2 aromatic carbocycles. The normalized spacial score (nSPS) is 11.0. The van der Waals surface area contributed by atoms with E-state index in [9.17, 15) is 4.39 Å². The molecule has 2 heterocycles. The van der Waals surface area contributed by atoms with Gasteiger partial charge < -0.3 is 15.0 Å². The van der Waals surface area contributed by atoms with Gasteiger partial charge in [-0.3, -0.25) is 0 Å². The molecule has 4 rings (SSSR count). The first-order valence-corrected chi connectivity index (χ1v) is 8.00. The maximum atomic E-state index is 14.1. The molecule has 8 heteroatoms. The van der Waals surface area contributed by atoms with E-state index >= 15 is 0 Å². The van der Waals surface area contributed by atoms with Crippen molar-refractivity contribution in [1.82, 2.24) is 15.4 Å². The highest BCUT2D eigenvalue weighted by Gasteiger charge is 2.16. The number of halogens is 2. The lowest BCUT2D eigenvalue weighted by atomic mass is 10.0. The van der Waals surface area contributed by atoms with Crippen LogP contribution in [0.4, 0.5) is 10.2 Å². The van der Waals surface area contributed by atoms with Crippen molar-refractivity contribution in [3.8, 4) is 22.6 Å². The molecule has 0 saturated carbocycles. The molecule has 26 heavy (non-hydrogen) atoms. The van der Waals surface area contributed by atoms with Gasteiger partial charge >= 0.3 is 0 Å². The van der Waals surface area contributed by atoms with Crippen molar-refractivity contribution in [2.75, 3.05) is 5.73 Å². The smallest absolute Gasteiger partial charge is 0.174 e. The Balaban J connectivity index is 1.83. The largest absolute Gasteiger partial charge is 0.455 e. The number of ether oxygens (including phenoxy) is 1. The van der Waals surface area contributed by atoms with Crippen LogP contribution in [0.2, 0.25) is 5.02 Å². The van der Waals surface area contributed by atoms with Crippen LogP contribution in [-0.4, -0.2) is 15.4 Å². The molecule has 0 aliphatic heterocycles. The van der Waals surface area contributed by atoms with Crippen LogP contribution in [0.15, 0.2) is 47.2 Å². The lowest BCUT2D eigenvalue weighted by Crippen LogP contribution is -1.94. The number of nitrogens with two attached hydrogens (primary N) is 1.